The minimum absolute atomic E-state index is 0.0173. The summed E-state index contributed by atoms with van der Waals surface area (Å²) in [5.74, 6) is -0.731. The van der Waals surface area contributed by atoms with Crippen molar-refractivity contribution in [2.45, 2.75) is 26.3 Å². The van der Waals surface area contributed by atoms with E-state index < -0.39 is 17.7 Å². The van der Waals surface area contributed by atoms with Crippen molar-refractivity contribution in [3.05, 3.63) is 59.4 Å². The molecule has 1 aliphatic rings. The molecule has 0 bridgehead atoms. The Bertz CT molecular complexity index is 989. The van der Waals surface area contributed by atoms with E-state index in [1.54, 1.807) is 49.8 Å². The first kappa shape index (κ1) is 23.3. The molecule has 32 heavy (non-hydrogen) atoms. The number of nitrogens with zero attached hydrogens (tertiary/aromatic N) is 2. The maximum atomic E-state index is 13.1. The van der Waals surface area contributed by atoms with Crippen LogP contribution in [-0.2, 0) is 14.3 Å². The number of ketones is 1. The van der Waals surface area contributed by atoms with Gasteiger partial charge in [-0.3, -0.25) is 14.6 Å². The summed E-state index contributed by atoms with van der Waals surface area (Å²) in [6, 6.07) is 7.71. The Morgan fingerprint density at radius 1 is 1.09 bits per heavy atom. The molecule has 0 saturated carbocycles. The molecule has 1 saturated heterocycles. The molecule has 1 aromatic heterocycles. The highest BCUT2D eigenvalue weighted by Crippen LogP contribution is 2.41. The van der Waals surface area contributed by atoms with Crippen molar-refractivity contribution in [2.75, 3.05) is 33.5 Å². The van der Waals surface area contributed by atoms with Gasteiger partial charge in [-0.2, -0.15) is 0 Å². The van der Waals surface area contributed by atoms with Crippen molar-refractivity contribution < 1.29 is 28.9 Å². The second-order valence-electron chi connectivity index (χ2n) is 7.14. The van der Waals surface area contributed by atoms with Gasteiger partial charge in [0.2, 0.25) is 0 Å². The molecular weight excluding hydrogens is 412 g/mol. The minimum Gasteiger partial charge on any atom is -0.507 e. The lowest BCUT2D eigenvalue weighted by Crippen LogP contribution is -2.31. The van der Waals surface area contributed by atoms with Crippen molar-refractivity contribution in [3.63, 3.8) is 0 Å². The zero-order chi connectivity index (χ0) is 23.1. The van der Waals surface area contributed by atoms with Crippen LogP contribution in [-0.4, -0.2) is 60.2 Å². The third-order valence-electron chi connectivity index (χ3n) is 5.13. The number of hydrogen-bond acceptors (Lipinski definition) is 7. The van der Waals surface area contributed by atoms with Crippen LogP contribution in [0.25, 0.3) is 5.76 Å². The Balaban J connectivity index is 2.13. The number of hydrogen-bond donors (Lipinski definition) is 1. The van der Waals surface area contributed by atoms with Gasteiger partial charge in [0.25, 0.3) is 11.7 Å². The van der Waals surface area contributed by atoms with Crippen LogP contribution in [0.5, 0.6) is 11.5 Å². The zero-order valence-corrected chi connectivity index (χ0v) is 18.5. The van der Waals surface area contributed by atoms with Gasteiger partial charge >= 0.3 is 0 Å². The largest absolute Gasteiger partial charge is 0.507 e. The number of aromatic nitrogens is 1. The van der Waals surface area contributed by atoms with Gasteiger partial charge in [-0.25, -0.2) is 0 Å². The molecule has 1 aliphatic heterocycles. The maximum absolute atomic E-state index is 13.1. The molecule has 1 unspecified atom stereocenters. The molecule has 8 heteroatoms. The summed E-state index contributed by atoms with van der Waals surface area (Å²) in [5, 5.41) is 11.3. The summed E-state index contributed by atoms with van der Waals surface area (Å²) >= 11 is 0. The smallest absolute Gasteiger partial charge is 0.295 e. The summed E-state index contributed by atoms with van der Waals surface area (Å²) in [6.07, 6.45) is 3.73. The Labute approximate surface area is 187 Å². The highest BCUT2D eigenvalue weighted by molar-refractivity contribution is 6.46. The number of ether oxygens (including phenoxy) is 3. The normalized spacial score (nSPS) is 17.6. The number of aliphatic hydroxyl groups is 1. The summed E-state index contributed by atoms with van der Waals surface area (Å²) in [6.45, 7) is 5.28. The van der Waals surface area contributed by atoms with E-state index in [1.807, 2.05) is 13.8 Å². The number of methoxy groups -OCH3 is 1. The van der Waals surface area contributed by atoms with E-state index in [9.17, 15) is 14.7 Å². The molecule has 1 atom stereocenters. The molecule has 1 aromatic carbocycles. The Morgan fingerprint density at radius 3 is 2.47 bits per heavy atom. The highest BCUT2D eigenvalue weighted by atomic mass is 16.5. The lowest BCUT2D eigenvalue weighted by atomic mass is 9.95. The first-order valence-electron chi connectivity index (χ1n) is 10.6. The fraction of sp³-hybridized carbons (Fsp3) is 0.375. The van der Waals surface area contributed by atoms with Crippen molar-refractivity contribution in [3.8, 4) is 11.5 Å². The van der Waals surface area contributed by atoms with Gasteiger partial charge in [0.1, 0.15) is 17.3 Å². The number of amides is 1. The van der Waals surface area contributed by atoms with E-state index >= 15 is 0 Å². The lowest BCUT2D eigenvalue weighted by molar-refractivity contribution is -0.140. The van der Waals surface area contributed by atoms with Crippen LogP contribution >= 0.6 is 0 Å². The molecule has 0 radical (unpaired) electrons. The summed E-state index contributed by atoms with van der Waals surface area (Å²) in [5.41, 5.74) is 1.02. The molecule has 0 aliphatic carbocycles. The first-order valence-corrected chi connectivity index (χ1v) is 10.6. The van der Waals surface area contributed by atoms with Gasteiger partial charge in [0.05, 0.1) is 30.4 Å². The molecule has 8 nitrogen and oxygen atoms in total. The van der Waals surface area contributed by atoms with Crippen molar-refractivity contribution >= 4 is 17.4 Å². The Morgan fingerprint density at radius 2 is 1.81 bits per heavy atom. The molecule has 1 amide bonds. The van der Waals surface area contributed by atoms with Crippen molar-refractivity contribution in [1.29, 1.82) is 0 Å². The van der Waals surface area contributed by atoms with Crippen LogP contribution in [0.3, 0.4) is 0 Å². The van der Waals surface area contributed by atoms with E-state index in [-0.39, 0.29) is 11.3 Å². The van der Waals surface area contributed by atoms with Gasteiger partial charge in [0, 0.05) is 38.7 Å². The molecule has 3 rings (SSSR count). The number of benzene rings is 1. The van der Waals surface area contributed by atoms with Crippen LogP contribution < -0.4 is 9.47 Å². The van der Waals surface area contributed by atoms with Gasteiger partial charge in [-0.05, 0) is 50.1 Å². The third-order valence-corrected chi connectivity index (χ3v) is 5.13. The predicted octanol–water partition coefficient (Wildman–Crippen LogP) is 3.34. The number of rotatable bonds is 10. The standard InChI is InChI=1S/C24H28N2O6/c1-4-31-17-7-8-18(19(15-17)32-5-2)22(27)20-21(16-9-11-25-12-10-16)26(13-6-14-30-3)24(29)23(20)28/h7-12,15,21,27H,4-6,13-14H2,1-3H3/b22-20-. The number of carbonyl (C=O) groups excluding carboxylic acids is 2. The monoisotopic (exact) mass is 440 g/mol. The predicted molar refractivity (Wildman–Crippen MR) is 119 cm³/mol. The SMILES string of the molecule is CCOc1ccc(/C(O)=C2/C(=O)C(=O)N(CCCOC)C2c2ccncc2)c(OCC)c1. The average molecular weight is 440 g/mol. The van der Waals surface area contributed by atoms with Crippen LogP contribution in [0.15, 0.2) is 48.3 Å². The van der Waals surface area contributed by atoms with Crippen LogP contribution in [0.1, 0.15) is 37.4 Å². The fourth-order valence-electron chi connectivity index (χ4n) is 3.76. The summed E-state index contributed by atoms with van der Waals surface area (Å²) in [7, 11) is 1.58. The van der Waals surface area contributed by atoms with Crippen LogP contribution in [0.4, 0.5) is 0 Å². The fourth-order valence-corrected chi connectivity index (χ4v) is 3.76. The molecule has 0 spiro atoms. The molecule has 2 heterocycles. The van der Waals surface area contributed by atoms with Gasteiger partial charge < -0.3 is 24.2 Å². The minimum atomic E-state index is -0.740. The molecule has 2 aromatic rings. The number of likely N-dealkylation sites (tertiary alicyclic amines) is 1. The van der Waals surface area contributed by atoms with E-state index in [4.69, 9.17) is 14.2 Å². The van der Waals surface area contributed by atoms with Crippen molar-refractivity contribution in [1.82, 2.24) is 9.88 Å². The molecular formula is C24H28N2O6. The lowest BCUT2D eigenvalue weighted by Gasteiger charge is -2.25. The summed E-state index contributed by atoms with van der Waals surface area (Å²) < 4.78 is 16.3. The van der Waals surface area contributed by atoms with Crippen LogP contribution in [0, 0.1) is 0 Å². The quantitative estimate of drug-likeness (QED) is 0.262. The zero-order valence-electron chi connectivity index (χ0n) is 18.5. The average Bonchev–Trinajstić information content (AvgIpc) is 3.05. The van der Waals surface area contributed by atoms with E-state index in [2.05, 4.69) is 4.98 Å². The number of pyridine rings is 1. The Kier molecular flexibility index (Phi) is 7.83. The highest BCUT2D eigenvalue weighted by Gasteiger charge is 2.46. The van der Waals surface area contributed by atoms with E-state index in [1.165, 1.54) is 4.90 Å². The van der Waals surface area contributed by atoms with E-state index in [0.29, 0.717) is 55.4 Å². The molecule has 1 fully saturated rings. The second-order valence-corrected chi connectivity index (χ2v) is 7.14. The van der Waals surface area contributed by atoms with Gasteiger partial charge in [-0.1, -0.05) is 0 Å². The van der Waals surface area contributed by atoms with E-state index in [0.717, 1.165) is 0 Å². The maximum Gasteiger partial charge on any atom is 0.295 e. The molecule has 1 N–H and O–H groups in total. The van der Waals surface area contributed by atoms with Gasteiger partial charge in [-0.15, -0.1) is 0 Å². The molecule has 170 valence electrons. The summed E-state index contributed by atoms with van der Waals surface area (Å²) in [4.78, 5) is 31.5. The van der Waals surface area contributed by atoms with Crippen molar-refractivity contribution in [2.24, 2.45) is 0 Å². The van der Waals surface area contributed by atoms with Crippen LogP contribution in [0.2, 0.25) is 0 Å². The first-order chi connectivity index (χ1) is 15.5. The Hall–Kier alpha value is -3.39. The topological polar surface area (TPSA) is 98.2 Å². The second kappa shape index (κ2) is 10.8. The number of Topliss-reactive ketones (excluding diaryl/α,β-unsaturated/α-hetero) is 1. The number of carbonyl (C=O) groups is 2. The third kappa shape index (κ3) is 4.75. The number of aliphatic hydroxyl groups excluding tert-OH is 1. The van der Waals surface area contributed by atoms with Gasteiger partial charge in [0.15, 0.2) is 0 Å².